The minimum absolute atomic E-state index is 0.155. The number of aromatic nitrogens is 3. The molecule has 0 radical (unpaired) electrons. The van der Waals surface area contributed by atoms with Crippen LogP contribution in [0.15, 0.2) is 54.9 Å². The van der Waals surface area contributed by atoms with Crippen LogP contribution in [0.5, 0.6) is 5.75 Å². The quantitative estimate of drug-likeness (QED) is 0.387. The number of likely N-dealkylation sites (tertiary alicyclic amines) is 1. The van der Waals surface area contributed by atoms with Crippen LogP contribution in [-0.2, 0) is 29.1 Å². The Labute approximate surface area is 217 Å². The highest BCUT2D eigenvalue weighted by Crippen LogP contribution is 2.23. The molecule has 9 heteroatoms. The summed E-state index contributed by atoms with van der Waals surface area (Å²) in [6.45, 7) is 5.35. The number of hydrogen-bond acceptors (Lipinski definition) is 7. The molecule has 3 heterocycles. The number of phenolic OH excluding ortho intramolecular Hbond substituents is 1. The molecule has 0 spiro atoms. The first-order chi connectivity index (χ1) is 17.9. The maximum atomic E-state index is 12.7. The van der Waals surface area contributed by atoms with Gasteiger partial charge in [-0.2, -0.15) is 5.10 Å². The first kappa shape index (κ1) is 26.5. The highest BCUT2D eigenvalue weighted by Gasteiger charge is 2.28. The Kier molecular flexibility index (Phi) is 9.03. The minimum atomic E-state index is -0.828. The second-order valence-electron chi connectivity index (χ2n) is 9.72. The Morgan fingerprint density at radius 1 is 1.19 bits per heavy atom. The van der Waals surface area contributed by atoms with Gasteiger partial charge >= 0.3 is 0 Å². The second-order valence-corrected chi connectivity index (χ2v) is 9.72. The molecule has 1 aromatic carbocycles. The summed E-state index contributed by atoms with van der Waals surface area (Å²) in [5, 5.41) is 16.7. The number of nitrogens with zero attached hydrogens (tertiary/aromatic N) is 4. The fourth-order valence-electron chi connectivity index (χ4n) is 4.62. The maximum absolute atomic E-state index is 12.7. The van der Waals surface area contributed by atoms with Crippen LogP contribution in [0.3, 0.4) is 0 Å². The number of nitrogens with one attached hydrogen (secondary N) is 1. The third kappa shape index (κ3) is 7.24. The van der Waals surface area contributed by atoms with Gasteiger partial charge in [0.1, 0.15) is 5.75 Å². The van der Waals surface area contributed by atoms with E-state index >= 15 is 0 Å². The minimum Gasteiger partial charge on any atom is -0.508 e. The molecular weight excluding hydrogens is 468 g/mol. The predicted molar refractivity (Wildman–Crippen MR) is 141 cm³/mol. The predicted octanol–water partition coefficient (Wildman–Crippen LogP) is 2.88. The molecule has 196 valence electrons. The lowest BCUT2D eigenvalue weighted by Crippen LogP contribution is -2.48. The average molecular weight is 505 g/mol. The second kappa shape index (κ2) is 12.6. The van der Waals surface area contributed by atoms with Gasteiger partial charge in [0, 0.05) is 37.0 Å². The monoisotopic (exact) mass is 504 g/mol. The lowest BCUT2D eigenvalue weighted by molar-refractivity contribution is -0.134. The first-order valence-corrected chi connectivity index (χ1v) is 13.0. The SMILES string of the molecule is CCCCn1nc(-c2cccnc2)cc1CN1CCC(C(=O)NC(=O)C(N)Cc2ccc(O)cc2)CC1. The lowest BCUT2D eigenvalue weighted by atomic mass is 9.95. The summed E-state index contributed by atoms with van der Waals surface area (Å²) < 4.78 is 2.10. The molecule has 1 saturated heterocycles. The van der Waals surface area contributed by atoms with Crippen molar-refractivity contribution < 1.29 is 14.7 Å². The number of benzene rings is 1. The highest BCUT2D eigenvalue weighted by atomic mass is 16.3. The standard InChI is InChI=1S/C28H36N6O3/c1-2-3-13-34-23(17-26(32-34)22-5-4-12-30-18-22)19-33-14-10-21(11-15-33)27(36)31-28(37)25(29)16-20-6-8-24(35)9-7-20/h4-9,12,17-18,21,25,35H,2-3,10-11,13-16,19,29H2,1H3,(H,31,36,37). The van der Waals surface area contributed by atoms with E-state index in [1.165, 1.54) is 0 Å². The van der Waals surface area contributed by atoms with Gasteiger partial charge in [0.15, 0.2) is 0 Å². The molecule has 3 aromatic rings. The fourth-order valence-corrected chi connectivity index (χ4v) is 4.62. The zero-order chi connectivity index (χ0) is 26.2. The van der Waals surface area contributed by atoms with Gasteiger partial charge in [-0.3, -0.25) is 29.5 Å². The van der Waals surface area contributed by atoms with E-state index in [1.54, 1.807) is 30.5 Å². The number of piperidine rings is 1. The van der Waals surface area contributed by atoms with Crippen molar-refractivity contribution >= 4 is 11.8 Å². The number of pyridine rings is 1. The van der Waals surface area contributed by atoms with Crippen LogP contribution in [0, 0.1) is 5.92 Å². The van der Waals surface area contributed by atoms with E-state index in [9.17, 15) is 14.7 Å². The van der Waals surface area contributed by atoms with Crippen LogP contribution in [0.4, 0.5) is 0 Å². The molecule has 2 aromatic heterocycles. The van der Waals surface area contributed by atoms with Crippen molar-refractivity contribution in [1.82, 2.24) is 25.0 Å². The van der Waals surface area contributed by atoms with Crippen molar-refractivity contribution in [1.29, 1.82) is 0 Å². The Bertz CT molecular complexity index is 1170. The van der Waals surface area contributed by atoms with Gasteiger partial charge in [0.25, 0.3) is 0 Å². The van der Waals surface area contributed by atoms with Crippen molar-refractivity contribution in [3.63, 3.8) is 0 Å². The number of imide groups is 1. The number of unbranched alkanes of at least 4 members (excludes halogenated alkanes) is 1. The number of aromatic hydroxyl groups is 1. The van der Waals surface area contributed by atoms with Crippen molar-refractivity contribution in [2.45, 2.75) is 58.2 Å². The van der Waals surface area contributed by atoms with Gasteiger partial charge in [0.2, 0.25) is 11.8 Å². The Balaban J connectivity index is 1.29. The number of rotatable bonds is 10. The van der Waals surface area contributed by atoms with E-state index in [0.29, 0.717) is 19.3 Å². The van der Waals surface area contributed by atoms with Crippen molar-refractivity contribution in [3.8, 4) is 17.0 Å². The molecular formula is C28H36N6O3. The number of nitrogens with two attached hydrogens (primary N) is 1. The third-order valence-corrected chi connectivity index (χ3v) is 6.86. The molecule has 1 aliphatic rings. The van der Waals surface area contributed by atoms with E-state index in [-0.39, 0.29) is 17.6 Å². The average Bonchev–Trinajstić information content (AvgIpc) is 3.32. The van der Waals surface area contributed by atoms with Crippen LogP contribution in [0.1, 0.15) is 43.9 Å². The molecule has 1 aliphatic heterocycles. The zero-order valence-electron chi connectivity index (χ0n) is 21.3. The number of carbonyl (C=O) groups is 2. The van der Waals surface area contributed by atoms with Crippen LogP contribution in [-0.4, -0.2) is 55.7 Å². The number of amides is 2. The first-order valence-electron chi connectivity index (χ1n) is 13.0. The van der Waals surface area contributed by atoms with E-state index in [0.717, 1.165) is 61.5 Å². The fraction of sp³-hybridized carbons (Fsp3) is 0.429. The molecule has 0 saturated carbocycles. The summed E-state index contributed by atoms with van der Waals surface area (Å²) >= 11 is 0. The molecule has 2 amide bonds. The molecule has 1 atom stereocenters. The van der Waals surface area contributed by atoms with Gasteiger partial charge in [-0.1, -0.05) is 25.5 Å². The Hall–Kier alpha value is -3.56. The molecule has 0 bridgehead atoms. The summed E-state index contributed by atoms with van der Waals surface area (Å²) in [6.07, 6.45) is 7.42. The van der Waals surface area contributed by atoms with E-state index < -0.39 is 11.9 Å². The highest BCUT2D eigenvalue weighted by molar-refractivity contribution is 5.98. The largest absolute Gasteiger partial charge is 0.508 e. The molecule has 4 N–H and O–H groups in total. The van der Waals surface area contributed by atoms with E-state index in [2.05, 4.69) is 32.9 Å². The maximum Gasteiger partial charge on any atom is 0.243 e. The molecule has 1 unspecified atom stereocenters. The molecule has 4 rings (SSSR count). The van der Waals surface area contributed by atoms with Crippen LogP contribution < -0.4 is 11.1 Å². The van der Waals surface area contributed by atoms with Crippen LogP contribution in [0.25, 0.3) is 11.3 Å². The van der Waals surface area contributed by atoms with Gasteiger partial charge in [-0.15, -0.1) is 0 Å². The number of hydrogen-bond donors (Lipinski definition) is 3. The van der Waals surface area contributed by atoms with Crippen molar-refractivity contribution in [2.24, 2.45) is 11.7 Å². The van der Waals surface area contributed by atoms with Crippen LogP contribution >= 0.6 is 0 Å². The van der Waals surface area contributed by atoms with Gasteiger partial charge < -0.3 is 10.8 Å². The summed E-state index contributed by atoms with van der Waals surface area (Å²) in [6, 6.07) is 11.8. The van der Waals surface area contributed by atoms with Gasteiger partial charge in [0.05, 0.1) is 17.4 Å². The molecule has 1 fully saturated rings. The van der Waals surface area contributed by atoms with E-state index in [4.69, 9.17) is 10.8 Å². The Morgan fingerprint density at radius 2 is 1.95 bits per heavy atom. The van der Waals surface area contributed by atoms with Crippen molar-refractivity contribution in [2.75, 3.05) is 13.1 Å². The summed E-state index contributed by atoms with van der Waals surface area (Å²) in [5.41, 5.74) is 9.93. The van der Waals surface area contributed by atoms with Gasteiger partial charge in [-0.05, 0) is 74.7 Å². The normalized spacial score (nSPS) is 15.4. The molecule has 37 heavy (non-hydrogen) atoms. The van der Waals surface area contributed by atoms with Gasteiger partial charge in [-0.25, -0.2) is 0 Å². The zero-order valence-corrected chi connectivity index (χ0v) is 21.3. The third-order valence-electron chi connectivity index (χ3n) is 6.86. The number of phenols is 1. The van der Waals surface area contributed by atoms with Crippen molar-refractivity contribution in [3.05, 3.63) is 66.1 Å². The smallest absolute Gasteiger partial charge is 0.243 e. The summed E-state index contributed by atoms with van der Waals surface area (Å²) in [4.78, 5) is 31.8. The summed E-state index contributed by atoms with van der Waals surface area (Å²) in [5.74, 6) is -0.777. The Morgan fingerprint density at radius 3 is 2.62 bits per heavy atom. The number of aryl methyl sites for hydroxylation is 1. The molecule has 0 aliphatic carbocycles. The molecule has 9 nitrogen and oxygen atoms in total. The van der Waals surface area contributed by atoms with Crippen LogP contribution in [0.2, 0.25) is 0 Å². The van der Waals surface area contributed by atoms with E-state index in [1.807, 2.05) is 18.3 Å². The topological polar surface area (TPSA) is 126 Å². The summed E-state index contributed by atoms with van der Waals surface area (Å²) in [7, 11) is 0. The number of carbonyl (C=O) groups excluding carboxylic acids is 2. The lowest BCUT2D eigenvalue weighted by Gasteiger charge is -2.31.